The molecule has 1 N–H and O–H groups in total. The van der Waals surface area contributed by atoms with E-state index in [9.17, 15) is 4.79 Å². The molecule has 1 aliphatic carbocycles. The summed E-state index contributed by atoms with van der Waals surface area (Å²) in [6, 6.07) is 7.15. The van der Waals surface area contributed by atoms with Crippen LogP contribution in [0, 0.1) is 12.8 Å². The molecule has 0 bridgehead atoms. The lowest BCUT2D eigenvalue weighted by molar-refractivity contribution is 0.0951. The van der Waals surface area contributed by atoms with E-state index in [0.717, 1.165) is 23.4 Å². The number of aromatic nitrogens is 3. The van der Waals surface area contributed by atoms with E-state index >= 15 is 0 Å². The maximum atomic E-state index is 12.1. The molecule has 3 heterocycles. The summed E-state index contributed by atoms with van der Waals surface area (Å²) in [6.07, 6.45) is 7.35. The molecule has 0 aliphatic heterocycles. The van der Waals surface area contributed by atoms with E-state index in [1.165, 1.54) is 19.0 Å². The van der Waals surface area contributed by atoms with Crippen molar-refractivity contribution in [1.29, 1.82) is 0 Å². The minimum atomic E-state index is -0.101. The van der Waals surface area contributed by atoms with Crippen LogP contribution in [0.25, 0.3) is 11.3 Å². The molecule has 0 saturated heterocycles. The van der Waals surface area contributed by atoms with Crippen molar-refractivity contribution in [2.75, 3.05) is 6.54 Å². The maximum Gasteiger partial charge on any atom is 0.252 e. The van der Waals surface area contributed by atoms with Gasteiger partial charge in [0.2, 0.25) is 5.88 Å². The van der Waals surface area contributed by atoms with Gasteiger partial charge in [-0.15, -0.1) is 0 Å². The summed E-state index contributed by atoms with van der Waals surface area (Å²) in [5.74, 6) is 1.68. The fourth-order valence-corrected chi connectivity index (χ4v) is 2.70. The van der Waals surface area contributed by atoms with Crippen LogP contribution in [0.2, 0.25) is 0 Å². The fourth-order valence-electron chi connectivity index (χ4n) is 2.70. The van der Waals surface area contributed by atoms with Gasteiger partial charge >= 0.3 is 0 Å². The van der Waals surface area contributed by atoms with Gasteiger partial charge in [-0.05, 0) is 43.9 Å². The standard InChI is InChI=1S/C20H20N4O3/c1-13-17(19(24-27-13)15-6-8-21-9-7-15)12-26-18-5-4-16(11-22-18)20(25)23-10-14-2-3-14/h4-9,11,14H,2-3,10,12H2,1H3,(H,23,25). The Hall–Kier alpha value is -3.22. The number of nitrogens with one attached hydrogen (secondary N) is 1. The number of carbonyl (C=O) groups excluding carboxylic acids is 1. The van der Waals surface area contributed by atoms with E-state index in [1.54, 1.807) is 24.5 Å². The van der Waals surface area contributed by atoms with Gasteiger partial charge in [-0.25, -0.2) is 4.98 Å². The first-order valence-corrected chi connectivity index (χ1v) is 8.93. The molecule has 0 aromatic carbocycles. The lowest BCUT2D eigenvalue weighted by atomic mass is 10.1. The molecule has 7 heteroatoms. The molecular weight excluding hydrogens is 344 g/mol. The van der Waals surface area contributed by atoms with Gasteiger partial charge in [-0.2, -0.15) is 0 Å². The van der Waals surface area contributed by atoms with Crippen LogP contribution in [-0.2, 0) is 6.61 Å². The van der Waals surface area contributed by atoms with Crippen molar-refractivity contribution in [3.8, 4) is 17.1 Å². The third-order valence-corrected chi connectivity index (χ3v) is 4.55. The molecule has 0 spiro atoms. The SMILES string of the molecule is Cc1onc(-c2ccncc2)c1COc1ccc(C(=O)NCC2CC2)cn1. The Kier molecular flexibility index (Phi) is 4.82. The van der Waals surface area contributed by atoms with Gasteiger partial charge in [0.15, 0.2) is 0 Å². The highest BCUT2D eigenvalue weighted by Gasteiger charge is 2.22. The minimum Gasteiger partial charge on any atom is -0.473 e. The van der Waals surface area contributed by atoms with Gasteiger partial charge in [0, 0.05) is 36.8 Å². The number of amides is 1. The lowest BCUT2D eigenvalue weighted by Gasteiger charge is -2.07. The fraction of sp³-hybridized carbons (Fsp3) is 0.300. The Morgan fingerprint density at radius 2 is 2.07 bits per heavy atom. The molecule has 0 radical (unpaired) electrons. The topological polar surface area (TPSA) is 90.1 Å². The predicted octanol–water partition coefficient (Wildman–Crippen LogP) is 3.16. The molecule has 1 amide bonds. The van der Waals surface area contributed by atoms with Crippen molar-refractivity contribution < 1.29 is 14.1 Å². The zero-order valence-electron chi connectivity index (χ0n) is 15.0. The molecular formula is C20H20N4O3. The monoisotopic (exact) mass is 364 g/mol. The highest BCUT2D eigenvalue weighted by molar-refractivity contribution is 5.93. The highest BCUT2D eigenvalue weighted by Crippen LogP contribution is 2.28. The predicted molar refractivity (Wildman–Crippen MR) is 98.1 cm³/mol. The van der Waals surface area contributed by atoms with E-state index < -0.39 is 0 Å². The number of carbonyl (C=O) groups is 1. The quantitative estimate of drug-likeness (QED) is 0.693. The smallest absolute Gasteiger partial charge is 0.252 e. The van der Waals surface area contributed by atoms with Gasteiger partial charge in [0.1, 0.15) is 18.1 Å². The second-order valence-corrected chi connectivity index (χ2v) is 6.63. The largest absolute Gasteiger partial charge is 0.473 e. The molecule has 0 atom stereocenters. The second-order valence-electron chi connectivity index (χ2n) is 6.63. The molecule has 3 aromatic rings. The first kappa shape index (κ1) is 17.2. The number of pyridine rings is 2. The van der Waals surface area contributed by atoms with Crippen molar-refractivity contribution in [2.45, 2.75) is 26.4 Å². The number of ether oxygens (including phenoxy) is 1. The number of hydrogen-bond donors (Lipinski definition) is 1. The first-order chi connectivity index (χ1) is 13.2. The van der Waals surface area contributed by atoms with Gasteiger partial charge in [-0.3, -0.25) is 9.78 Å². The molecule has 27 heavy (non-hydrogen) atoms. The van der Waals surface area contributed by atoms with Crippen molar-refractivity contribution in [2.24, 2.45) is 5.92 Å². The molecule has 3 aromatic heterocycles. The zero-order valence-corrected chi connectivity index (χ0v) is 15.0. The van der Waals surface area contributed by atoms with Crippen LogP contribution in [0.3, 0.4) is 0 Å². The molecule has 1 saturated carbocycles. The van der Waals surface area contributed by atoms with Gasteiger partial charge in [-0.1, -0.05) is 5.16 Å². The summed E-state index contributed by atoms with van der Waals surface area (Å²) < 4.78 is 11.1. The third-order valence-electron chi connectivity index (χ3n) is 4.55. The Balaban J connectivity index is 1.40. The van der Waals surface area contributed by atoms with Crippen LogP contribution in [0.15, 0.2) is 47.4 Å². The average molecular weight is 364 g/mol. The van der Waals surface area contributed by atoms with Crippen molar-refractivity contribution >= 4 is 5.91 Å². The van der Waals surface area contributed by atoms with Crippen LogP contribution in [0.5, 0.6) is 5.88 Å². The summed E-state index contributed by atoms with van der Waals surface area (Å²) in [5, 5.41) is 7.04. The van der Waals surface area contributed by atoms with E-state index in [1.807, 2.05) is 19.1 Å². The van der Waals surface area contributed by atoms with Crippen LogP contribution in [-0.4, -0.2) is 27.6 Å². The average Bonchev–Trinajstić information content (AvgIpc) is 3.47. The van der Waals surface area contributed by atoms with E-state index in [4.69, 9.17) is 9.26 Å². The van der Waals surface area contributed by atoms with Crippen LogP contribution in [0.4, 0.5) is 0 Å². The van der Waals surface area contributed by atoms with E-state index in [2.05, 4.69) is 20.4 Å². The summed E-state index contributed by atoms with van der Waals surface area (Å²) in [4.78, 5) is 20.3. The molecule has 4 rings (SSSR count). The molecule has 1 fully saturated rings. The third kappa shape index (κ3) is 4.13. The van der Waals surface area contributed by atoms with Crippen molar-refractivity contribution in [3.05, 3.63) is 59.7 Å². The highest BCUT2D eigenvalue weighted by atomic mass is 16.5. The zero-order chi connectivity index (χ0) is 18.6. The Morgan fingerprint density at radius 1 is 1.26 bits per heavy atom. The summed E-state index contributed by atoms with van der Waals surface area (Å²) >= 11 is 0. The number of rotatable bonds is 7. The van der Waals surface area contributed by atoms with Crippen molar-refractivity contribution in [1.82, 2.24) is 20.4 Å². The number of nitrogens with zero attached hydrogens (tertiary/aromatic N) is 3. The normalized spacial score (nSPS) is 13.4. The van der Waals surface area contributed by atoms with E-state index in [-0.39, 0.29) is 12.5 Å². The van der Waals surface area contributed by atoms with Crippen LogP contribution < -0.4 is 10.1 Å². The summed E-state index contributed by atoms with van der Waals surface area (Å²) in [6.45, 7) is 2.85. The summed E-state index contributed by atoms with van der Waals surface area (Å²) in [5.41, 5.74) is 3.03. The number of hydrogen-bond acceptors (Lipinski definition) is 6. The summed E-state index contributed by atoms with van der Waals surface area (Å²) in [7, 11) is 0. The Bertz CT molecular complexity index is 918. The van der Waals surface area contributed by atoms with Crippen molar-refractivity contribution in [3.63, 3.8) is 0 Å². The van der Waals surface area contributed by atoms with E-state index in [0.29, 0.717) is 23.1 Å². The maximum absolute atomic E-state index is 12.1. The molecule has 1 aliphatic rings. The first-order valence-electron chi connectivity index (χ1n) is 8.93. The van der Waals surface area contributed by atoms with Crippen LogP contribution >= 0.6 is 0 Å². The minimum absolute atomic E-state index is 0.101. The molecule has 7 nitrogen and oxygen atoms in total. The van der Waals surface area contributed by atoms with Gasteiger partial charge < -0.3 is 14.6 Å². The van der Waals surface area contributed by atoms with Gasteiger partial charge in [0.25, 0.3) is 5.91 Å². The molecule has 138 valence electrons. The molecule has 0 unspecified atom stereocenters. The Morgan fingerprint density at radius 3 is 2.78 bits per heavy atom. The Labute approximate surface area is 156 Å². The lowest BCUT2D eigenvalue weighted by Crippen LogP contribution is -2.25. The van der Waals surface area contributed by atoms with Gasteiger partial charge in [0.05, 0.1) is 11.1 Å². The second kappa shape index (κ2) is 7.57. The number of aryl methyl sites for hydroxylation is 1. The van der Waals surface area contributed by atoms with Crippen LogP contribution in [0.1, 0.15) is 34.5 Å².